The quantitative estimate of drug-likeness (QED) is 0.150. The van der Waals surface area contributed by atoms with Gasteiger partial charge >= 0.3 is 0 Å². The number of hydrogen-bond acceptors (Lipinski definition) is 3. The molecule has 0 N–H and O–H groups in total. The molecular weight excluding hydrogens is 813 g/mol. The standard InChI is InChI=1S/C63H40N4/c1-4-18-41(19-5-1)48-38-55(42-20-6-2-7-21-42)63-66-60(61(67(63)40-48)44-22-8-3-9-23-44)43-32-34-45(35-33-43)62-64-58(56-36-46-24-10-12-26-49(46)51-28-14-16-30-53(51)56)39-59(65-62)57-37-47-25-11-13-27-50(47)52-29-15-17-31-54(52)57/h1-40H. The number of rotatable bonds is 7. The van der Waals surface area contributed by atoms with Crippen molar-refractivity contribution in [2.24, 2.45) is 0 Å². The van der Waals surface area contributed by atoms with Gasteiger partial charge in [0, 0.05) is 39.6 Å². The van der Waals surface area contributed by atoms with Crippen LogP contribution in [-0.4, -0.2) is 19.4 Å². The number of aromatic nitrogens is 4. The lowest BCUT2D eigenvalue weighted by Gasteiger charge is -2.15. The summed E-state index contributed by atoms with van der Waals surface area (Å²) in [5.41, 5.74) is 14.2. The zero-order valence-electron chi connectivity index (χ0n) is 36.4. The van der Waals surface area contributed by atoms with Gasteiger partial charge in [0.2, 0.25) is 0 Å². The topological polar surface area (TPSA) is 43.1 Å². The van der Waals surface area contributed by atoms with E-state index in [2.05, 4.69) is 247 Å². The molecule has 0 unspecified atom stereocenters. The predicted octanol–water partition coefficient (Wildman–Crippen LogP) is 16.4. The largest absolute Gasteiger partial charge is 0.298 e. The van der Waals surface area contributed by atoms with Gasteiger partial charge < -0.3 is 0 Å². The fourth-order valence-corrected chi connectivity index (χ4v) is 10.00. The zero-order chi connectivity index (χ0) is 44.3. The first-order chi connectivity index (χ1) is 33.2. The molecule has 0 fully saturated rings. The number of nitrogens with zero attached hydrogens (tertiary/aromatic N) is 4. The Labute approximate surface area is 387 Å². The van der Waals surface area contributed by atoms with Crippen molar-refractivity contribution in [2.75, 3.05) is 0 Å². The first-order valence-electron chi connectivity index (χ1n) is 22.8. The van der Waals surface area contributed by atoms with E-state index in [0.29, 0.717) is 5.82 Å². The second-order valence-corrected chi connectivity index (χ2v) is 17.2. The van der Waals surface area contributed by atoms with Crippen molar-refractivity contribution < 1.29 is 0 Å². The van der Waals surface area contributed by atoms with Crippen LogP contribution in [0.4, 0.5) is 0 Å². The number of fused-ring (bicyclic) bond motifs is 7. The maximum atomic E-state index is 5.52. The van der Waals surface area contributed by atoms with E-state index < -0.39 is 0 Å². The third-order valence-electron chi connectivity index (χ3n) is 13.2. The van der Waals surface area contributed by atoms with Crippen LogP contribution in [0, 0.1) is 0 Å². The Morgan fingerprint density at radius 3 is 1.28 bits per heavy atom. The van der Waals surface area contributed by atoms with E-state index in [1.807, 2.05) is 0 Å². The van der Waals surface area contributed by atoms with Crippen LogP contribution in [0.3, 0.4) is 0 Å². The molecule has 0 atom stereocenters. The van der Waals surface area contributed by atoms with Crippen molar-refractivity contribution >= 4 is 48.7 Å². The Morgan fingerprint density at radius 1 is 0.284 bits per heavy atom. The SMILES string of the molecule is c1ccc(-c2cc(-c3ccccc3)c3nc(-c4ccc(-c5nc(-c6cc7ccccc7c7ccccc67)cc(-c6cc7ccccc7c7ccccc67)n5)cc4)c(-c4ccccc4)n3c2)cc1. The van der Waals surface area contributed by atoms with Gasteiger partial charge in [0.1, 0.15) is 5.65 Å². The summed E-state index contributed by atoms with van der Waals surface area (Å²) in [7, 11) is 0. The predicted molar refractivity (Wildman–Crippen MR) is 279 cm³/mol. The van der Waals surface area contributed by atoms with Gasteiger partial charge in [0.25, 0.3) is 0 Å². The summed E-state index contributed by atoms with van der Waals surface area (Å²) in [6, 6.07) is 84.0. The average molecular weight is 853 g/mol. The minimum atomic E-state index is 0.658. The van der Waals surface area contributed by atoms with Crippen LogP contribution in [0.2, 0.25) is 0 Å². The van der Waals surface area contributed by atoms with Gasteiger partial charge in [-0.15, -0.1) is 0 Å². The fraction of sp³-hybridized carbons (Fsp3) is 0. The van der Waals surface area contributed by atoms with Crippen LogP contribution in [0.1, 0.15) is 0 Å². The van der Waals surface area contributed by atoms with E-state index in [-0.39, 0.29) is 0 Å². The van der Waals surface area contributed by atoms with E-state index in [4.69, 9.17) is 15.0 Å². The lowest BCUT2D eigenvalue weighted by atomic mass is 9.93. The second-order valence-electron chi connectivity index (χ2n) is 17.2. The minimum Gasteiger partial charge on any atom is -0.298 e. The van der Waals surface area contributed by atoms with E-state index in [0.717, 1.165) is 89.3 Å². The van der Waals surface area contributed by atoms with Gasteiger partial charge in [-0.05, 0) is 84.0 Å². The maximum Gasteiger partial charge on any atom is 0.160 e. The Morgan fingerprint density at radius 2 is 0.731 bits per heavy atom. The number of hydrogen-bond donors (Lipinski definition) is 0. The van der Waals surface area contributed by atoms with Crippen molar-refractivity contribution in [1.29, 1.82) is 0 Å². The normalized spacial score (nSPS) is 11.6. The van der Waals surface area contributed by atoms with E-state index in [9.17, 15) is 0 Å². The number of benzene rings is 10. The summed E-state index contributed by atoms with van der Waals surface area (Å²) < 4.78 is 2.28. The molecule has 0 saturated carbocycles. The zero-order valence-corrected chi connectivity index (χ0v) is 36.4. The molecular formula is C63H40N4. The monoisotopic (exact) mass is 852 g/mol. The van der Waals surface area contributed by atoms with E-state index in [1.54, 1.807) is 0 Å². The van der Waals surface area contributed by atoms with E-state index in [1.165, 1.54) is 32.3 Å². The van der Waals surface area contributed by atoms with Gasteiger partial charge in [-0.25, -0.2) is 15.0 Å². The highest BCUT2D eigenvalue weighted by atomic mass is 15.0. The summed E-state index contributed by atoms with van der Waals surface area (Å²) in [4.78, 5) is 16.4. The van der Waals surface area contributed by atoms with Gasteiger partial charge in [-0.1, -0.05) is 212 Å². The van der Waals surface area contributed by atoms with Crippen LogP contribution in [-0.2, 0) is 0 Å². The molecule has 312 valence electrons. The molecule has 3 aromatic heterocycles. The summed E-state index contributed by atoms with van der Waals surface area (Å²) in [6.45, 7) is 0. The average Bonchev–Trinajstić information content (AvgIpc) is 3.80. The molecule has 4 nitrogen and oxygen atoms in total. The van der Waals surface area contributed by atoms with Crippen LogP contribution < -0.4 is 0 Å². The Balaban J connectivity index is 1.02. The molecule has 0 bridgehead atoms. The van der Waals surface area contributed by atoms with Crippen molar-refractivity contribution in [3.05, 3.63) is 243 Å². The van der Waals surface area contributed by atoms with Gasteiger partial charge in [0.05, 0.1) is 22.8 Å². The van der Waals surface area contributed by atoms with Crippen LogP contribution in [0.15, 0.2) is 243 Å². The van der Waals surface area contributed by atoms with Crippen LogP contribution in [0.5, 0.6) is 0 Å². The van der Waals surface area contributed by atoms with Crippen molar-refractivity contribution in [2.45, 2.75) is 0 Å². The highest BCUT2D eigenvalue weighted by Gasteiger charge is 2.22. The number of imidazole rings is 1. The summed E-state index contributed by atoms with van der Waals surface area (Å²) in [5.74, 6) is 0.658. The molecule has 0 aliphatic carbocycles. The molecule has 13 rings (SSSR count). The molecule has 0 radical (unpaired) electrons. The van der Waals surface area contributed by atoms with Gasteiger partial charge in [0.15, 0.2) is 5.82 Å². The van der Waals surface area contributed by atoms with Crippen molar-refractivity contribution in [3.63, 3.8) is 0 Å². The molecule has 10 aromatic carbocycles. The van der Waals surface area contributed by atoms with Gasteiger partial charge in [-0.3, -0.25) is 4.40 Å². The second kappa shape index (κ2) is 15.9. The smallest absolute Gasteiger partial charge is 0.160 e. The summed E-state index contributed by atoms with van der Waals surface area (Å²) in [6.07, 6.45) is 2.23. The third-order valence-corrected chi connectivity index (χ3v) is 13.2. The highest BCUT2D eigenvalue weighted by Crippen LogP contribution is 2.42. The van der Waals surface area contributed by atoms with Crippen molar-refractivity contribution in [3.8, 4) is 78.7 Å². The summed E-state index contributed by atoms with van der Waals surface area (Å²) in [5, 5.41) is 9.50. The van der Waals surface area contributed by atoms with Crippen LogP contribution >= 0.6 is 0 Å². The maximum absolute atomic E-state index is 5.52. The van der Waals surface area contributed by atoms with Gasteiger partial charge in [-0.2, -0.15) is 0 Å². The Hall–Kier alpha value is -8.99. The molecule has 0 saturated heterocycles. The first-order valence-corrected chi connectivity index (χ1v) is 22.8. The first kappa shape index (κ1) is 38.5. The molecule has 0 aliphatic heterocycles. The molecule has 4 heteroatoms. The van der Waals surface area contributed by atoms with Crippen molar-refractivity contribution in [1.82, 2.24) is 19.4 Å². The highest BCUT2D eigenvalue weighted by molar-refractivity contribution is 6.15. The fourth-order valence-electron chi connectivity index (χ4n) is 10.00. The lowest BCUT2D eigenvalue weighted by Crippen LogP contribution is -1.97. The summed E-state index contributed by atoms with van der Waals surface area (Å²) >= 11 is 0. The Kier molecular flexibility index (Phi) is 9.14. The lowest BCUT2D eigenvalue weighted by molar-refractivity contribution is 1.19. The molecule has 0 amide bonds. The Bertz CT molecular complexity index is 3870. The van der Waals surface area contributed by atoms with Crippen LogP contribution in [0.25, 0.3) is 127 Å². The third kappa shape index (κ3) is 6.65. The molecule has 0 spiro atoms. The number of pyridine rings is 1. The molecule has 3 heterocycles. The molecule has 67 heavy (non-hydrogen) atoms. The molecule has 13 aromatic rings. The minimum absolute atomic E-state index is 0.658. The molecule has 0 aliphatic rings. The van der Waals surface area contributed by atoms with E-state index >= 15 is 0 Å².